The second-order valence-electron chi connectivity index (χ2n) is 4.44. The summed E-state index contributed by atoms with van der Waals surface area (Å²) < 4.78 is 66.8. The predicted octanol–water partition coefficient (Wildman–Crippen LogP) is -0.409. The highest BCUT2D eigenvalue weighted by molar-refractivity contribution is 7.90. The standard InChI is InChI=1S/C8H13F3N2O5S/c1-7(4-18-5-7)3-17-2-6(14)13(12)19(15,16)8(9,10)11/h2-5,12H2,1H3. The van der Waals surface area contributed by atoms with Gasteiger partial charge in [0, 0.05) is 5.41 Å². The van der Waals surface area contributed by atoms with Gasteiger partial charge in [0.1, 0.15) is 6.61 Å². The Balaban J connectivity index is 2.49. The fourth-order valence-electron chi connectivity index (χ4n) is 1.23. The van der Waals surface area contributed by atoms with E-state index in [1.807, 2.05) is 0 Å². The molecule has 0 atom stereocenters. The maximum Gasteiger partial charge on any atom is 0.518 e. The first-order chi connectivity index (χ1) is 8.50. The van der Waals surface area contributed by atoms with E-state index in [-0.39, 0.29) is 12.0 Å². The number of carbonyl (C=O) groups excluding carboxylic acids is 1. The summed E-state index contributed by atoms with van der Waals surface area (Å²) in [7, 11) is -5.88. The Morgan fingerprint density at radius 2 is 2.00 bits per heavy atom. The fraction of sp³-hybridized carbons (Fsp3) is 0.875. The summed E-state index contributed by atoms with van der Waals surface area (Å²) in [5.74, 6) is 3.15. The van der Waals surface area contributed by atoms with Gasteiger partial charge < -0.3 is 9.47 Å². The predicted molar refractivity (Wildman–Crippen MR) is 55.8 cm³/mol. The molecule has 0 unspecified atom stereocenters. The monoisotopic (exact) mass is 306 g/mol. The molecule has 0 aromatic carbocycles. The molecule has 0 aromatic heterocycles. The number of ether oxygens (including phenoxy) is 2. The Kier molecular flexibility index (Phi) is 4.44. The third-order valence-corrected chi connectivity index (χ3v) is 3.68. The largest absolute Gasteiger partial charge is 0.518 e. The lowest BCUT2D eigenvalue weighted by molar-refractivity contribution is -0.150. The van der Waals surface area contributed by atoms with Crippen LogP contribution in [0.3, 0.4) is 0 Å². The summed E-state index contributed by atoms with van der Waals surface area (Å²) >= 11 is 0. The minimum absolute atomic E-state index is 0.0542. The van der Waals surface area contributed by atoms with Crippen LogP contribution in [0.25, 0.3) is 0 Å². The summed E-state index contributed by atoms with van der Waals surface area (Å²) in [4.78, 5) is 11.2. The van der Waals surface area contributed by atoms with Gasteiger partial charge in [-0.1, -0.05) is 6.92 Å². The van der Waals surface area contributed by atoms with Crippen LogP contribution >= 0.6 is 0 Å². The van der Waals surface area contributed by atoms with Gasteiger partial charge in [0.2, 0.25) is 0 Å². The van der Waals surface area contributed by atoms with Gasteiger partial charge in [-0.15, -0.1) is 0 Å². The zero-order valence-electron chi connectivity index (χ0n) is 9.94. The third kappa shape index (κ3) is 3.55. The van der Waals surface area contributed by atoms with Crippen LogP contribution in [0.15, 0.2) is 0 Å². The van der Waals surface area contributed by atoms with Crippen molar-refractivity contribution in [1.82, 2.24) is 4.41 Å². The molecule has 1 amide bonds. The van der Waals surface area contributed by atoms with E-state index in [1.54, 1.807) is 6.92 Å². The summed E-state index contributed by atoms with van der Waals surface area (Å²) in [6.07, 6.45) is 0. The Labute approximate surface area is 107 Å². The lowest BCUT2D eigenvalue weighted by atomic mass is 9.90. The summed E-state index contributed by atoms with van der Waals surface area (Å²) in [5, 5.41) is 0. The molecule has 1 aliphatic heterocycles. The van der Waals surface area contributed by atoms with Crippen LogP contribution in [0, 0.1) is 5.41 Å². The Morgan fingerprint density at radius 1 is 1.47 bits per heavy atom. The van der Waals surface area contributed by atoms with Gasteiger partial charge >= 0.3 is 15.5 Å². The number of hydrogen-bond acceptors (Lipinski definition) is 6. The number of carbonyl (C=O) groups is 1. The van der Waals surface area contributed by atoms with Gasteiger partial charge in [-0.2, -0.15) is 26.0 Å². The molecule has 0 radical (unpaired) electrons. The van der Waals surface area contributed by atoms with Crippen molar-refractivity contribution >= 4 is 15.9 Å². The Hall–Kier alpha value is -0.910. The third-order valence-electron chi connectivity index (χ3n) is 2.37. The summed E-state index contributed by atoms with van der Waals surface area (Å²) in [5.41, 5.74) is -5.95. The summed E-state index contributed by atoms with van der Waals surface area (Å²) in [6.45, 7) is 1.77. The number of alkyl halides is 3. The molecule has 0 bridgehead atoms. The van der Waals surface area contributed by atoms with Crippen LogP contribution in [-0.2, 0) is 24.3 Å². The van der Waals surface area contributed by atoms with Gasteiger partial charge in [0.25, 0.3) is 5.91 Å². The first kappa shape index (κ1) is 16.1. The van der Waals surface area contributed by atoms with Crippen LogP contribution in [0.5, 0.6) is 0 Å². The van der Waals surface area contributed by atoms with Crippen LogP contribution < -0.4 is 5.84 Å². The first-order valence-electron chi connectivity index (χ1n) is 5.04. The fourth-order valence-corrected chi connectivity index (χ4v) is 1.77. The quantitative estimate of drug-likeness (QED) is 0.421. The van der Waals surface area contributed by atoms with Crippen molar-refractivity contribution < 1.29 is 35.9 Å². The number of sulfonamides is 1. The summed E-state index contributed by atoms with van der Waals surface area (Å²) in [6, 6.07) is 0. The molecule has 0 aromatic rings. The Morgan fingerprint density at radius 3 is 2.37 bits per heavy atom. The zero-order valence-corrected chi connectivity index (χ0v) is 10.8. The molecule has 112 valence electrons. The van der Waals surface area contributed by atoms with Crippen molar-refractivity contribution in [3.63, 3.8) is 0 Å². The van der Waals surface area contributed by atoms with Crippen molar-refractivity contribution in [3.8, 4) is 0 Å². The highest BCUT2D eigenvalue weighted by atomic mass is 32.2. The highest BCUT2D eigenvalue weighted by Crippen LogP contribution is 2.27. The lowest BCUT2D eigenvalue weighted by Gasteiger charge is -2.37. The van der Waals surface area contributed by atoms with Gasteiger partial charge in [-0.25, -0.2) is 5.84 Å². The zero-order chi connectivity index (χ0) is 14.9. The number of hydrogen-bond donors (Lipinski definition) is 1. The maximum atomic E-state index is 12.1. The minimum atomic E-state index is -5.88. The van der Waals surface area contributed by atoms with Crippen molar-refractivity contribution in [2.45, 2.75) is 12.4 Å². The van der Waals surface area contributed by atoms with Crippen LogP contribution in [-0.4, -0.2) is 50.7 Å². The molecule has 1 saturated heterocycles. The minimum Gasteiger partial charge on any atom is -0.380 e. The van der Waals surface area contributed by atoms with Crippen LogP contribution in [0.2, 0.25) is 0 Å². The molecule has 1 rings (SSSR count). The van der Waals surface area contributed by atoms with Gasteiger partial charge in [-0.05, 0) is 0 Å². The van der Waals surface area contributed by atoms with E-state index < -0.39 is 32.5 Å². The van der Waals surface area contributed by atoms with Gasteiger partial charge in [-0.3, -0.25) is 4.79 Å². The molecule has 2 N–H and O–H groups in total. The van der Waals surface area contributed by atoms with E-state index in [2.05, 4.69) is 5.84 Å². The molecule has 0 aliphatic carbocycles. The van der Waals surface area contributed by atoms with E-state index in [0.717, 1.165) is 0 Å². The smallest absolute Gasteiger partial charge is 0.380 e. The van der Waals surface area contributed by atoms with Crippen molar-refractivity contribution in [2.75, 3.05) is 26.4 Å². The molecule has 1 aliphatic rings. The molecule has 1 fully saturated rings. The molecule has 0 saturated carbocycles. The number of nitrogens with two attached hydrogens (primary N) is 1. The van der Waals surface area contributed by atoms with E-state index in [4.69, 9.17) is 9.47 Å². The number of halogens is 3. The average molecular weight is 306 g/mol. The number of hydrazine groups is 1. The lowest BCUT2D eigenvalue weighted by Crippen LogP contribution is -2.50. The second kappa shape index (κ2) is 5.23. The number of nitrogens with zero attached hydrogens (tertiary/aromatic N) is 1. The molecule has 0 spiro atoms. The van der Waals surface area contributed by atoms with Crippen molar-refractivity contribution in [1.29, 1.82) is 0 Å². The molecular formula is C8H13F3N2O5S. The molecule has 11 heteroatoms. The van der Waals surface area contributed by atoms with Crippen molar-refractivity contribution in [3.05, 3.63) is 0 Å². The number of rotatable bonds is 5. The maximum absolute atomic E-state index is 12.1. The molecule has 1 heterocycles. The second-order valence-corrected chi connectivity index (χ2v) is 6.24. The number of amides is 1. The van der Waals surface area contributed by atoms with Crippen LogP contribution in [0.1, 0.15) is 6.92 Å². The van der Waals surface area contributed by atoms with E-state index in [0.29, 0.717) is 13.2 Å². The average Bonchev–Trinajstić information content (AvgIpc) is 2.23. The normalized spacial score (nSPS) is 18.8. The topological polar surface area (TPSA) is 98.9 Å². The van der Waals surface area contributed by atoms with E-state index in [9.17, 15) is 26.4 Å². The SMILES string of the molecule is CC1(COCC(=O)N(N)S(=O)(=O)C(F)(F)F)COC1. The van der Waals surface area contributed by atoms with Gasteiger partial charge in [0.15, 0.2) is 0 Å². The van der Waals surface area contributed by atoms with Gasteiger partial charge in [0.05, 0.1) is 19.8 Å². The molecular weight excluding hydrogens is 293 g/mol. The molecule has 7 nitrogen and oxygen atoms in total. The highest BCUT2D eigenvalue weighted by Gasteiger charge is 2.51. The Bertz CT molecular complexity index is 446. The van der Waals surface area contributed by atoms with E-state index >= 15 is 0 Å². The molecule has 19 heavy (non-hydrogen) atoms. The van der Waals surface area contributed by atoms with Crippen LogP contribution in [0.4, 0.5) is 13.2 Å². The van der Waals surface area contributed by atoms with Crippen molar-refractivity contribution in [2.24, 2.45) is 11.3 Å². The first-order valence-corrected chi connectivity index (χ1v) is 6.48. The van der Waals surface area contributed by atoms with E-state index in [1.165, 1.54) is 0 Å².